The number of benzene rings is 1. The molecule has 1 amide bonds. The fourth-order valence-electron chi connectivity index (χ4n) is 3.70. The van der Waals surface area contributed by atoms with Crippen LogP contribution in [0, 0.1) is 0 Å². The summed E-state index contributed by atoms with van der Waals surface area (Å²) in [6.45, 7) is 2.70. The topological polar surface area (TPSA) is 82.3 Å². The molecule has 5 rings (SSSR count). The van der Waals surface area contributed by atoms with E-state index in [2.05, 4.69) is 4.90 Å². The van der Waals surface area contributed by atoms with Crippen molar-refractivity contribution in [1.29, 1.82) is 0 Å². The van der Waals surface area contributed by atoms with Crippen LogP contribution in [0.4, 0.5) is 16.4 Å². The number of hydrogen-bond acceptors (Lipinski definition) is 7. The van der Waals surface area contributed by atoms with Crippen LogP contribution in [0.1, 0.15) is 11.7 Å². The first-order chi connectivity index (χ1) is 13.7. The number of furan rings is 1. The van der Waals surface area contributed by atoms with Gasteiger partial charge in [0.2, 0.25) is 0 Å². The molecule has 0 aliphatic carbocycles. The number of hydroxylamine groups is 2. The summed E-state index contributed by atoms with van der Waals surface area (Å²) in [5, 5.41) is 11.8. The normalized spacial score (nSPS) is 20.8. The second kappa shape index (κ2) is 6.81. The first-order valence-corrected chi connectivity index (χ1v) is 9.29. The maximum absolute atomic E-state index is 12.6. The van der Waals surface area contributed by atoms with Gasteiger partial charge in [-0.3, -0.25) is 4.90 Å². The van der Waals surface area contributed by atoms with E-state index in [9.17, 15) is 10.0 Å². The minimum absolute atomic E-state index is 0.322. The number of amides is 1. The van der Waals surface area contributed by atoms with Crippen LogP contribution in [0.25, 0.3) is 11.0 Å². The molecular weight excluding hydrogens is 360 g/mol. The van der Waals surface area contributed by atoms with Crippen LogP contribution in [0.2, 0.25) is 0 Å². The maximum Gasteiger partial charge on any atom is 0.416 e. The van der Waals surface area contributed by atoms with E-state index in [1.807, 2.05) is 42.5 Å². The summed E-state index contributed by atoms with van der Waals surface area (Å²) in [6.07, 6.45) is 0.893. The van der Waals surface area contributed by atoms with Crippen molar-refractivity contribution in [3.8, 4) is 0 Å². The number of hydrogen-bond donors (Lipinski definition) is 1. The van der Waals surface area contributed by atoms with Crippen LogP contribution >= 0.6 is 0 Å². The standard InChI is InChI=1S/C20H20N4O4/c25-20-24(13-16(28-20)14-4-2-1-3-5-14)17-12-15-6-11-27-18(15)19(21-17)22-7-9-23(26)10-8-22/h1-6,11-12,16,26H,7-10,13H2. The molecule has 2 saturated heterocycles. The lowest BCUT2D eigenvalue weighted by Gasteiger charge is -2.32. The highest BCUT2D eigenvalue weighted by Gasteiger charge is 2.35. The lowest BCUT2D eigenvalue weighted by Crippen LogP contribution is -2.45. The van der Waals surface area contributed by atoms with E-state index in [-0.39, 0.29) is 6.10 Å². The van der Waals surface area contributed by atoms with Crippen LogP contribution < -0.4 is 9.80 Å². The molecule has 2 aliphatic heterocycles. The van der Waals surface area contributed by atoms with Gasteiger partial charge in [0.05, 0.1) is 12.8 Å². The molecule has 2 fully saturated rings. The summed E-state index contributed by atoms with van der Waals surface area (Å²) in [6, 6.07) is 13.4. The zero-order valence-electron chi connectivity index (χ0n) is 15.2. The predicted octanol–water partition coefficient (Wildman–Crippen LogP) is 3.04. The van der Waals surface area contributed by atoms with Gasteiger partial charge in [0, 0.05) is 31.6 Å². The molecule has 1 aromatic carbocycles. The number of rotatable bonds is 3. The molecule has 2 aliphatic rings. The molecule has 0 saturated carbocycles. The molecule has 0 radical (unpaired) electrons. The Morgan fingerprint density at radius 3 is 2.64 bits per heavy atom. The van der Waals surface area contributed by atoms with E-state index in [4.69, 9.17) is 14.1 Å². The average molecular weight is 380 g/mol. The Morgan fingerprint density at radius 2 is 1.86 bits per heavy atom. The Bertz CT molecular complexity index is 998. The highest BCUT2D eigenvalue weighted by Crippen LogP contribution is 2.34. The number of aromatic nitrogens is 1. The number of piperazine rings is 1. The summed E-state index contributed by atoms with van der Waals surface area (Å²) >= 11 is 0. The summed E-state index contributed by atoms with van der Waals surface area (Å²) < 4.78 is 11.2. The molecule has 0 bridgehead atoms. The van der Waals surface area contributed by atoms with Crippen molar-refractivity contribution < 1.29 is 19.2 Å². The number of fused-ring (bicyclic) bond motifs is 1. The fourth-order valence-corrected chi connectivity index (χ4v) is 3.70. The largest absolute Gasteiger partial charge is 0.460 e. The fraction of sp³-hybridized carbons (Fsp3) is 0.300. The number of ether oxygens (including phenoxy) is 1. The number of cyclic esters (lactones) is 1. The first-order valence-electron chi connectivity index (χ1n) is 9.29. The smallest absolute Gasteiger partial charge is 0.416 e. The molecule has 4 heterocycles. The zero-order chi connectivity index (χ0) is 19.1. The molecular formula is C20H20N4O4. The SMILES string of the molecule is O=C1OC(c2ccccc2)CN1c1cc2ccoc2c(N2CCN(O)CC2)n1. The second-order valence-electron chi connectivity index (χ2n) is 6.98. The minimum atomic E-state index is -0.407. The van der Waals surface area contributed by atoms with Crippen LogP contribution in [0.5, 0.6) is 0 Å². The van der Waals surface area contributed by atoms with Crippen LogP contribution in [0.3, 0.4) is 0 Å². The molecule has 2 aromatic heterocycles. The molecule has 144 valence electrons. The van der Waals surface area contributed by atoms with E-state index in [0.29, 0.717) is 49.9 Å². The van der Waals surface area contributed by atoms with Gasteiger partial charge in [0.15, 0.2) is 11.4 Å². The van der Waals surface area contributed by atoms with E-state index in [1.165, 1.54) is 5.06 Å². The van der Waals surface area contributed by atoms with Crippen LogP contribution in [-0.4, -0.2) is 54.1 Å². The Labute approximate surface area is 161 Å². The summed E-state index contributed by atoms with van der Waals surface area (Å²) in [4.78, 5) is 20.9. The molecule has 1 atom stereocenters. The Kier molecular flexibility index (Phi) is 4.14. The van der Waals surface area contributed by atoms with Gasteiger partial charge in [-0.15, -0.1) is 0 Å². The van der Waals surface area contributed by atoms with Crippen molar-refractivity contribution in [2.75, 3.05) is 42.5 Å². The molecule has 28 heavy (non-hydrogen) atoms. The van der Waals surface area contributed by atoms with E-state index >= 15 is 0 Å². The molecule has 0 spiro atoms. The molecule has 1 N–H and O–H groups in total. The van der Waals surface area contributed by atoms with Gasteiger partial charge < -0.3 is 19.3 Å². The van der Waals surface area contributed by atoms with E-state index < -0.39 is 6.09 Å². The van der Waals surface area contributed by atoms with Crippen LogP contribution in [0.15, 0.2) is 53.1 Å². The van der Waals surface area contributed by atoms with Gasteiger partial charge in [-0.2, -0.15) is 5.06 Å². The summed E-state index contributed by atoms with van der Waals surface area (Å²) in [7, 11) is 0. The molecule has 8 nitrogen and oxygen atoms in total. The number of carbonyl (C=O) groups excluding carboxylic acids is 1. The quantitative estimate of drug-likeness (QED) is 0.748. The highest BCUT2D eigenvalue weighted by molar-refractivity contribution is 5.95. The number of carbonyl (C=O) groups is 1. The van der Waals surface area contributed by atoms with Gasteiger partial charge in [0.1, 0.15) is 11.9 Å². The summed E-state index contributed by atoms with van der Waals surface area (Å²) in [5.41, 5.74) is 1.64. The van der Waals surface area contributed by atoms with Gasteiger partial charge in [-0.05, 0) is 17.7 Å². The van der Waals surface area contributed by atoms with Gasteiger partial charge in [0.25, 0.3) is 0 Å². The Hall–Kier alpha value is -3.10. The second-order valence-corrected chi connectivity index (χ2v) is 6.98. The third kappa shape index (κ3) is 2.96. The van der Waals surface area contributed by atoms with Gasteiger partial charge in [-0.1, -0.05) is 30.3 Å². The maximum atomic E-state index is 12.6. The minimum Gasteiger partial charge on any atom is -0.460 e. The number of anilines is 2. The molecule has 3 aromatic rings. The molecule has 1 unspecified atom stereocenters. The van der Waals surface area contributed by atoms with Crippen molar-refractivity contribution in [1.82, 2.24) is 10.0 Å². The lowest BCUT2D eigenvalue weighted by atomic mass is 10.1. The third-order valence-electron chi connectivity index (χ3n) is 5.22. The van der Waals surface area contributed by atoms with Crippen molar-refractivity contribution in [2.45, 2.75) is 6.10 Å². The first kappa shape index (κ1) is 17.0. The van der Waals surface area contributed by atoms with Crippen LogP contribution in [-0.2, 0) is 4.74 Å². The zero-order valence-corrected chi connectivity index (χ0v) is 15.2. The molecule has 8 heteroatoms. The lowest BCUT2D eigenvalue weighted by molar-refractivity contribution is -0.0936. The Morgan fingerprint density at radius 1 is 1.07 bits per heavy atom. The Balaban J connectivity index is 1.48. The van der Waals surface area contributed by atoms with E-state index in [0.717, 1.165) is 10.9 Å². The highest BCUT2D eigenvalue weighted by atomic mass is 16.6. The van der Waals surface area contributed by atoms with Crippen molar-refractivity contribution in [3.05, 3.63) is 54.3 Å². The van der Waals surface area contributed by atoms with Gasteiger partial charge in [-0.25, -0.2) is 9.78 Å². The monoisotopic (exact) mass is 380 g/mol. The summed E-state index contributed by atoms with van der Waals surface area (Å²) in [5.74, 6) is 1.22. The van der Waals surface area contributed by atoms with Crippen molar-refractivity contribution in [3.63, 3.8) is 0 Å². The average Bonchev–Trinajstić information content (AvgIpc) is 3.35. The van der Waals surface area contributed by atoms with E-state index in [1.54, 1.807) is 11.2 Å². The number of nitrogens with zero attached hydrogens (tertiary/aromatic N) is 4. The number of pyridine rings is 1. The predicted molar refractivity (Wildman–Crippen MR) is 103 cm³/mol. The third-order valence-corrected chi connectivity index (χ3v) is 5.22. The van der Waals surface area contributed by atoms with Crippen molar-refractivity contribution in [2.24, 2.45) is 0 Å². The van der Waals surface area contributed by atoms with Gasteiger partial charge >= 0.3 is 6.09 Å². The van der Waals surface area contributed by atoms with Crippen molar-refractivity contribution >= 4 is 28.7 Å².